The number of rotatable bonds is 4. The zero-order valence-electron chi connectivity index (χ0n) is 20.8. The van der Waals surface area contributed by atoms with Crippen molar-refractivity contribution < 1.29 is 23.9 Å². The summed E-state index contributed by atoms with van der Waals surface area (Å²) in [6.07, 6.45) is 3.18. The van der Waals surface area contributed by atoms with Crippen LogP contribution in [0.15, 0.2) is 36.4 Å². The summed E-state index contributed by atoms with van der Waals surface area (Å²) in [5.41, 5.74) is 4.29. The SMILES string of the molecule is Cc1ccc(N2C[C@@H](C(=O)Oc3ccc(N4C(=O)[C@@H]5[C@H]6CC[C@@H](C6)[C@@H]5C4=O)c(C)c3)CC2=O)cc1C. The van der Waals surface area contributed by atoms with Gasteiger partial charge in [0.25, 0.3) is 0 Å². The Hall–Kier alpha value is -3.48. The quantitative estimate of drug-likeness (QED) is 0.369. The molecular weight excluding hydrogens is 456 g/mol. The number of aryl methyl sites for hydroxylation is 3. The zero-order valence-corrected chi connectivity index (χ0v) is 20.8. The van der Waals surface area contributed by atoms with Crippen LogP contribution in [0.5, 0.6) is 5.75 Å². The molecule has 2 aromatic rings. The molecule has 2 aliphatic heterocycles. The average molecular weight is 487 g/mol. The number of imide groups is 1. The summed E-state index contributed by atoms with van der Waals surface area (Å²) >= 11 is 0. The maximum Gasteiger partial charge on any atom is 0.316 e. The summed E-state index contributed by atoms with van der Waals surface area (Å²) in [7, 11) is 0. The summed E-state index contributed by atoms with van der Waals surface area (Å²) < 4.78 is 5.64. The minimum absolute atomic E-state index is 0.0825. The molecule has 3 amide bonds. The zero-order chi connectivity index (χ0) is 25.3. The number of fused-ring (bicyclic) bond motifs is 5. The molecule has 5 atom stereocenters. The van der Waals surface area contributed by atoms with Crippen molar-refractivity contribution in [3.8, 4) is 5.75 Å². The maximum atomic E-state index is 13.2. The van der Waals surface area contributed by atoms with Gasteiger partial charge in [-0.05, 0) is 98.9 Å². The molecule has 4 aliphatic rings. The first kappa shape index (κ1) is 23.0. The third-order valence-corrected chi connectivity index (χ3v) is 8.82. The molecule has 2 heterocycles. The molecule has 2 aliphatic carbocycles. The van der Waals surface area contributed by atoms with Gasteiger partial charge in [0.2, 0.25) is 17.7 Å². The predicted octanol–water partition coefficient (Wildman–Crippen LogP) is 4.11. The van der Waals surface area contributed by atoms with Gasteiger partial charge < -0.3 is 9.64 Å². The molecular formula is C29H30N2O5. The van der Waals surface area contributed by atoms with Crippen molar-refractivity contribution >= 4 is 35.1 Å². The number of amides is 3. The molecule has 0 spiro atoms. The number of esters is 1. The summed E-state index contributed by atoms with van der Waals surface area (Å²) in [5, 5.41) is 0. The van der Waals surface area contributed by atoms with Crippen LogP contribution in [-0.4, -0.2) is 30.2 Å². The standard InChI is InChI=1S/C29H30N2O5/c1-15-4-7-21(10-16(15)2)30-14-20(13-24(30)32)29(35)36-22-8-9-23(17(3)11-22)31-27(33)25-18-5-6-19(12-18)26(25)28(31)34/h4,7-11,18-20,25-26H,5-6,12-14H2,1-3H3/t18-,19-,20-,25-,26+/m0/s1. The summed E-state index contributed by atoms with van der Waals surface area (Å²) in [5.74, 6) is -0.616. The van der Waals surface area contributed by atoms with Crippen LogP contribution in [0.4, 0.5) is 11.4 Å². The van der Waals surface area contributed by atoms with Gasteiger partial charge in [-0.1, -0.05) is 6.07 Å². The van der Waals surface area contributed by atoms with E-state index in [4.69, 9.17) is 4.74 Å². The molecule has 0 aromatic heterocycles. The lowest BCUT2D eigenvalue weighted by Gasteiger charge is -2.20. The Labute approximate surface area is 210 Å². The lowest BCUT2D eigenvalue weighted by molar-refractivity contribution is -0.139. The van der Waals surface area contributed by atoms with E-state index in [-0.39, 0.29) is 42.5 Å². The summed E-state index contributed by atoms with van der Waals surface area (Å²) in [6.45, 7) is 6.11. The highest BCUT2D eigenvalue weighted by Crippen LogP contribution is 2.56. The van der Waals surface area contributed by atoms with E-state index in [2.05, 4.69) is 0 Å². The number of carbonyl (C=O) groups excluding carboxylic acids is 4. The lowest BCUT2D eigenvalue weighted by atomic mass is 9.81. The van der Waals surface area contributed by atoms with E-state index in [1.165, 1.54) is 4.90 Å². The minimum Gasteiger partial charge on any atom is -0.426 e. The fraction of sp³-hybridized carbons (Fsp3) is 0.448. The van der Waals surface area contributed by atoms with E-state index in [9.17, 15) is 19.2 Å². The monoisotopic (exact) mass is 486 g/mol. The van der Waals surface area contributed by atoms with E-state index in [0.717, 1.165) is 36.1 Å². The molecule has 4 fully saturated rings. The Kier molecular flexibility index (Phi) is 5.28. The maximum absolute atomic E-state index is 13.2. The van der Waals surface area contributed by atoms with Crippen LogP contribution in [0.2, 0.25) is 0 Å². The molecule has 0 unspecified atom stereocenters. The topological polar surface area (TPSA) is 84.0 Å². The molecule has 36 heavy (non-hydrogen) atoms. The van der Waals surface area contributed by atoms with Gasteiger partial charge in [-0.2, -0.15) is 0 Å². The average Bonchev–Trinajstić information content (AvgIpc) is 3.60. The number of hydrogen-bond acceptors (Lipinski definition) is 5. The van der Waals surface area contributed by atoms with Crippen molar-refractivity contribution in [2.45, 2.75) is 46.5 Å². The second-order valence-electron chi connectivity index (χ2n) is 10.9. The van der Waals surface area contributed by atoms with E-state index in [1.54, 1.807) is 23.1 Å². The summed E-state index contributed by atoms with van der Waals surface area (Å²) in [4.78, 5) is 54.9. The number of anilines is 2. The fourth-order valence-electron chi connectivity index (χ4n) is 6.80. The normalized spacial score (nSPS) is 28.9. The molecule has 2 saturated heterocycles. The molecule has 2 aromatic carbocycles. The molecule has 186 valence electrons. The Morgan fingerprint density at radius 2 is 1.56 bits per heavy atom. The van der Waals surface area contributed by atoms with E-state index in [1.807, 2.05) is 39.0 Å². The molecule has 0 radical (unpaired) electrons. The van der Waals surface area contributed by atoms with Gasteiger partial charge in [0.1, 0.15) is 5.75 Å². The largest absolute Gasteiger partial charge is 0.426 e. The van der Waals surface area contributed by atoms with Crippen molar-refractivity contribution in [3.63, 3.8) is 0 Å². The van der Waals surface area contributed by atoms with Crippen molar-refractivity contribution in [3.05, 3.63) is 53.1 Å². The van der Waals surface area contributed by atoms with Crippen LogP contribution in [0.3, 0.4) is 0 Å². The van der Waals surface area contributed by atoms with Gasteiger partial charge in [-0.25, -0.2) is 4.90 Å². The van der Waals surface area contributed by atoms with Crippen molar-refractivity contribution in [2.24, 2.45) is 29.6 Å². The highest BCUT2D eigenvalue weighted by atomic mass is 16.5. The number of hydrogen-bond donors (Lipinski definition) is 0. The number of benzene rings is 2. The fourth-order valence-corrected chi connectivity index (χ4v) is 6.80. The lowest BCUT2D eigenvalue weighted by Crippen LogP contribution is -2.33. The van der Waals surface area contributed by atoms with Gasteiger partial charge in [0.05, 0.1) is 23.4 Å². The van der Waals surface area contributed by atoms with Crippen LogP contribution in [-0.2, 0) is 19.2 Å². The first-order valence-corrected chi connectivity index (χ1v) is 12.8. The van der Waals surface area contributed by atoms with E-state index < -0.39 is 11.9 Å². The predicted molar refractivity (Wildman–Crippen MR) is 133 cm³/mol. The molecule has 7 nitrogen and oxygen atoms in total. The number of ether oxygens (including phenoxy) is 1. The van der Waals surface area contributed by atoms with E-state index in [0.29, 0.717) is 28.8 Å². The first-order chi connectivity index (χ1) is 17.2. The Morgan fingerprint density at radius 1 is 0.861 bits per heavy atom. The van der Waals surface area contributed by atoms with Gasteiger partial charge in [0, 0.05) is 18.7 Å². The number of carbonyl (C=O) groups is 4. The van der Waals surface area contributed by atoms with Crippen LogP contribution < -0.4 is 14.5 Å². The first-order valence-electron chi connectivity index (χ1n) is 12.8. The van der Waals surface area contributed by atoms with Crippen LogP contribution in [0.1, 0.15) is 42.4 Å². The second-order valence-corrected chi connectivity index (χ2v) is 10.9. The number of nitrogens with zero attached hydrogens (tertiary/aromatic N) is 2. The second kappa shape index (κ2) is 8.29. The van der Waals surface area contributed by atoms with Gasteiger partial charge in [-0.3, -0.25) is 19.2 Å². The summed E-state index contributed by atoms with van der Waals surface area (Å²) in [6, 6.07) is 10.8. The van der Waals surface area contributed by atoms with Crippen LogP contribution in [0.25, 0.3) is 0 Å². The highest BCUT2D eigenvalue weighted by molar-refractivity contribution is 6.23. The molecule has 7 heteroatoms. The van der Waals surface area contributed by atoms with Crippen LogP contribution in [0, 0.1) is 50.4 Å². The van der Waals surface area contributed by atoms with Crippen molar-refractivity contribution in [1.29, 1.82) is 0 Å². The minimum atomic E-state index is -0.560. The Morgan fingerprint density at radius 3 is 2.19 bits per heavy atom. The smallest absolute Gasteiger partial charge is 0.316 e. The van der Waals surface area contributed by atoms with Crippen molar-refractivity contribution in [2.75, 3.05) is 16.3 Å². The van der Waals surface area contributed by atoms with Crippen LogP contribution >= 0.6 is 0 Å². The Bertz CT molecular complexity index is 1290. The van der Waals surface area contributed by atoms with Gasteiger partial charge >= 0.3 is 5.97 Å². The molecule has 2 bridgehead atoms. The molecule has 6 rings (SSSR count). The van der Waals surface area contributed by atoms with Gasteiger partial charge in [0.15, 0.2) is 0 Å². The van der Waals surface area contributed by atoms with Gasteiger partial charge in [-0.15, -0.1) is 0 Å². The third-order valence-electron chi connectivity index (χ3n) is 8.82. The molecule has 0 N–H and O–H groups in total. The van der Waals surface area contributed by atoms with Crippen molar-refractivity contribution in [1.82, 2.24) is 0 Å². The third kappa shape index (κ3) is 3.47. The van der Waals surface area contributed by atoms with E-state index >= 15 is 0 Å². The highest BCUT2D eigenvalue weighted by Gasteiger charge is 2.61. The molecule has 2 saturated carbocycles. The Balaban J connectivity index is 1.15.